The van der Waals surface area contributed by atoms with Crippen LogP contribution in [-0.4, -0.2) is 34.5 Å². The second-order valence-corrected chi connectivity index (χ2v) is 11.4. The minimum absolute atomic E-state index is 0.0119. The van der Waals surface area contributed by atoms with Crippen molar-refractivity contribution in [3.05, 3.63) is 62.8 Å². The van der Waals surface area contributed by atoms with Crippen LogP contribution in [0, 0.1) is 23.7 Å². The van der Waals surface area contributed by atoms with Gasteiger partial charge in [0.1, 0.15) is 18.1 Å². The maximum absolute atomic E-state index is 13.5. The number of amides is 2. The van der Waals surface area contributed by atoms with Gasteiger partial charge in [0.15, 0.2) is 0 Å². The molecule has 6 nitrogen and oxygen atoms in total. The molecule has 3 aliphatic rings. The van der Waals surface area contributed by atoms with E-state index in [4.69, 9.17) is 9.15 Å². The lowest BCUT2D eigenvalue weighted by atomic mass is 9.67. The summed E-state index contributed by atoms with van der Waals surface area (Å²) in [5.41, 5.74) is 3.85. The van der Waals surface area contributed by atoms with Crippen molar-refractivity contribution < 1.29 is 23.8 Å². The van der Waals surface area contributed by atoms with Crippen LogP contribution in [0.15, 0.2) is 50.8 Å². The molecule has 0 unspecified atom stereocenters. The van der Waals surface area contributed by atoms with E-state index in [2.05, 4.69) is 26.8 Å². The van der Waals surface area contributed by atoms with E-state index in [1.165, 1.54) is 21.6 Å². The van der Waals surface area contributed by atoms with E-state index in [9.17, 15) is 14.7 Å². The van der Waals surface area contributed by atoms with Gasteiger partial charge in [-0.2, -0.15) is 0 Å². The first-order chi connectivity index (χ1) is 17.4. The smallest absolute Gasteiger partial charge is 0.234 e. The van der Waals surface area contributed by atoms with Gasteiger partial charge in [-0.3, -0.25) is 14.5 Å². The van der Waals surface area contributed by atoms with Crippen molar-refractivity contribution >= 4 is 29.2 Å². The molecule has 2 saturated heterocycles. The third kappa shape index (κ3) is 4.64. The Morgan fingerprint density at radius 3 is 2.72 bits per heavy atom. The molecule has 2 aromatic rings. The molecule has 5 rings (SSSR count). The van der Waals surface area contributed by atoms with Crippen molar-refractivity contribution in [2.75, 3.05) is 6.61 Å². The fraction of sp³-hybridized carbons (Fsp3) is 0.517. The average molecular weight is 510 g/mol. The Morgan fingerprint density at radius 1 is 1.22 bits per heavy atom. The first-order valence-corrected chi connectivity index (χ1v) is 13.9. The molecule has 1 N–H and O–H groups in total. The van der Waals surface area contributed by atoms with Gasteiger partial charge in [0.05, 0.1) is 31.1 Å². The maximum atomic E-state index is 13.5. The van der Waals surface area contributed by atoms with Crippen molar-refractivity contribution in [1.29, 1.82) is 0 Å². The highest BCUT2D eigenvalue weighted by molar-refractivity contribution is 7.09. The zero-order valence-electron chi connectivity index (χ0n) is 21.2. The number of nitrogens with zero attached hydrogens (tertiary/aromatic N) is 1. The lowest BCUT2D eigenvalue weighted by molar-refractivity contribution is -0.140. The van der Waals surface area contributed by atoms with Crippen molar-refractivity contribution in [2.24, 2.45) is 23.7 Å². The molecule has 0 saturated carbocycles. The van der Waals surface area contributed by atoms with Crippen LogP contribution in [0.4, 0.5) is 0 Å². The third-order valence-electron chi connectivity index (χ3n) is 7.99. The van der Waals surface area contributed by atoms with Crippen LogP contribution in [0.1, 0.15) is 62.9 Å². The Morgan fingerprint density at radius 2 is 2.06 bits per heavy atom. The summed E-state index contributed by atoms with van der Waals surface area (Å²) < 4.78 is 12.0. The van der Waals surface area contributed by atoms with E-state index in [1.807, 2.05) is 23.6 Å². The van der Waals surface area contributed by atoms with Crippen LogP contribution in [0.5, 0.6) is 0 Å². The van der Waals surface area contributed by atoms with Gasteiger partial charge in [0.25, 0.3) is 0 Å². The Balaban J connectivity index is 1.35. The van der Waals surface area contributed by atoms with Crippen LogP contribution in [0.25, 0.3) is 6.08 Å². The molecule has 0 spiro atoms. The molecular formula is C29H35NO5S. The first-order valence-electron chi connectivity index (χ1n) is 13.0. The highest BCUT2D eigenvalue weighted by atomic mass is 32.1. The molecule has 2 aromatic heterocycles. The number of imide groups is 1. The summed E-state index contributed by atoms with van der Waals surface area (Å²) in [5, 5.41) is 11.2. The number of hydrogen-bond donors (Lipinski definition) is 1. The van der Waals surface area contributed by atoms with Gasteiger partial charge in [0.2, 0.25) is 11.8 Å². The number of carbonyl (C=O) groups is 2. The topological polar surface area (TPSA) is 80.0 Å². The Bertz CT molecular complexity index is 1170. The van der Waals surface area contributed by atoms with Crippen LogP contribution >= 0.6 is 11.3 Å². The fourth-order valence-electron chi connectivity index (χ4n) is 6.16. The van der Waals surface area contributed by atoms with Gasteiger partial charge in [-0.25, -0.2) is 0 Å². The lowest BCUT2D eigenvalue weighted by Crippen LogP contribution is -2.35. The third-order valence-corrected chi connectivity index (χ3v) is 8.85. The summed E-state index contributed by atoms with van der Waals surface area (Å²) in [5.74, 6) is 0.995. The zero-order valence-corrected chi connectivity index (χ0v) is 22.1. The highest BCUT2D eigenvalue weighted by Crippen LogP contribution is 2.51. The molecule has 0 aromatic carbocycles. The van der Waals surface area contributed by atoms with Crippen LogP contribution < -0.4 is 0 Å². The molecule has 2 amide bonds. The van der Waals surface area contributed by atoms with Gasteiger partial charge >= 0.3 is 0 Å². The van der Waals surface area contributed by atoms with E-state index in [-0.39, 0.29) is 42.3 Å². The maximum Gasteiger partial charge on any atom is 0.234 e. The number of ether oxygens (including phenoxy) is 1. The summed E-state index contributed by atoms with van der Waals surface area (Å²) in [6.07, 6.45) is 5.30. The van der Waals surface area contributed by atoms with E-state index < -0.39 is 0 Å². The summed E-state index contributed by atoms with van der Waals surface area (Å²) in [6.45, 7) is 7.29. The number of likely N-dealkylation sites (tertiary alicyclic amines) is 1. The monoisotopic (exact) mass is 509 g/mol. The largest absolute Gasteiger partial charge is 0.459 e. The fourth-order valence-corrected chi connectivity index (χ4v) is 6.86. The van der Waals surface area contributed by atoms with Gasteiger partial charge in [0, 0.05) is 10.8 Å². The predicted octanol–water partition coefficient (Wildman–Crippen LogP) is 5.58. The Kier molecular flexibility index (Phi) is 7.33. The number of allylic oxidation sites excluding steroid dienone is 2. The Labute approximate surface area is 216 Å². The number of rotatable bonds is 9. The van der Waals surface area contributed by atoms with Gasteiger partial charge in [-0.15, -0.1) is 11.3 Å². The summed E-state index contributed by atoms with van der Waals surface area (Å²) in [7, 11) is 0. The molecule has 4 atom stereocenters. The molecule has 0 radical (unpaired) electrons. The van der Waals surface area contributed by atoms with Crippen molar-refractivity contribution in [1.82, 2.24) is 4.90 Å². The van der Waals surface area contributed by atoms with E-state index in [0.717, 1.165) is 29.9 Å². The number of furan rings is 1. The molecule has 36 heavy (non-hydrogen) atoms. The molecule has 192 valence electrons. The van der Waals surface area contributed by atoms with Crippen molar-refractivity contribution in [2.45, 2.75) is 65.7 Å². The van der Waals surface area contributed by atoms with Crippen molar-refractivity contribution in [3.8, 4) is 0 Å². The number of carbonyl (C=O) groups excluding carboxylic acids is 2. The van der Waals surface area contributed by atoms with E-state index in [0.29, 0.717) is 31.3 Å². The number of hydrogen-bond acceptors (Lipinski definition) is 6. The molecule has 0 bridgehead atoms. The second kappa shape index (κ2) is 10.5. The molecular weight excluding hydrogens is 474 g/mol. The normalized spacial score (nSPS) is 26.4. The van der Waals surface area contributed by atoms with Gasteiger partial charge in [-0.1, -0.05) is 38.0 Å². The summed E-state index contributed by atoms with van der Waals surface area (Å²) in [4.78, 5) is 29.5. The zero-order chi connectivity index (χ0) is 25.4. The number of thiophene rings is 1. The van der Waals surface area contributed by atoms with Crippen LogP contribution in [0.3, 0.4) is 0 Å². The molecule has 4 heterocycles. The molecule has 1 aliphatic carbocycles. The molecule has 2 aliphatic heterocycles. The quantitative estimate of drug-likeness (QED) is 0.353. The SMILES string of the molecule is CC/C(=C\c1ccc(CO)o1)CC[C@H]1OC[C@H]2C1=C(C(C)C)C[C@H]1C(=O)N(Cc3cccs3)C(=O)[C@H]12. The second-order valence-electron chi connectivity index (χ2n) is 10.4. The number of fused-ring (bicyclic) bond motifs is 3. The summed E-state index contributed by atoms with van der Waals surface area (Å²) >= 11 is 1.58. The van der Waals surface area contributed by atoms with Gasteiger partial charge < -0.3 is 14.3 Å². The first kappa shape index (κ1) is 25.2. The van der Waals surface area contributed by atoms with E-state index in [1.54, 1.807) is 17.4 Å². The van der Waals surface area contributed by atoms with Crippen molar-refractivity contribution in [3.63, 3.8) is 0 Å². The lowest BCUT2D eigenvalue weighted by Gasteiger charge is -2.33. The minimum Gasteiger partial charge on any atom is -0.459 e. The molecule has 2 fully saturated rings. The highest BCUT2D eigenvalue weighted by Gasteiger charge is 2.57. The van der Waals surface area contributed by atoms with Crippen LogP contribution in [-0.2, 0) is 27.5 Å². The minimum atomic E-state index is -0.304. The number of aliphatic hydroxyl groups excluding tert-OH is 1. The van der Waals surface area contributed by atoms with Gasteiger partial charge in [-0.05, 0) is 66.8 Å². The summed E-state index contributed by atoms with van der Waals surface area (Å²) in [6, 6.07) is 7.62. The standard InChI is InChI=1S/C29H35NO5S/c1-4-18(12-19-8-9-20(15-31)35-19)7-10-25-26-22(17(2)3)13-23-27(24(26)16-34-25)29(33)30(28(23)32)14-21-6-5-11-36-21/h5-6,8-9,11-12,17,23-25,27,31H,4,7,10,13-16H2,1-3H3/b18-12+/t23-,24+,25-,27-/m1/s1. The predicted molar refractivity (Wildman–Crippen MR) is 139 cm³/mol. The Hall–Kier alpha value is -2.48. The average Bonchev–Trinajstić information content (AvgIpc) is 3.66. The van der Waals surface area contributed by atoms with E-state index >= 15 is 0 Å². The molecule has 7 heteroatoms. The van der Waals surface area contributed by atoms with Crippen LogP contribution in [0.2, 0.25) is 0 Å². The number of aliphatic hydroxyl groups is 1.